The van der Waals surface area contributed by atoms with Crippen molar-refractivity contribution in [2.45, 2.75) is 26.4 Å². The van der Waals surface area contributed by atoms with E-state index in [1.165, 1.54) is 0 Å². The molecular formula is C28H26N4O2S. The molecule has 2 heterocycles. The number of thiocarbonyl (C=S) groups is 1. The maximum Gasteiger partial charge on any atom is 0.258 e. The van der Waals surface area contributed by atoms with E-state index in [0.717, 1.165) is 39.3 Å². The minimum absolute atomic E-state index is 0.219. The minimum atomic E-state index is -0.219. The molecule has 5 rings (SSSR count). The molecule has 0 fully saturated rings. The van der Waals surface area contributed by atoms with Gasteiger partial charge in [-0.15, -0.1) is 0 Å². The van der Waals surface area contributed by atoms with Crippen LogP contribution in [-0.2, 0) is 6.54 Å². The first-order valence-corrected chi connectivity index (χ1v) is 11.8. The number of para-hydroxylation sites is 1. The highest BCUT2D eigenvalue weighted by Gasteiger charge is 2.34. The van der Waals surface area contributed by atoms with Gasteiger partial charge in [0.25, 0.3) is 5.89 Å². The summed E-state index contributed by atoms with van der Waals surface area (Å²) in [4.78, 5) is 6.86. The van der Waals surface area contributed by atoms with Crippen LogP contribution in [0.15, 0.2) is 89.1 Å². The van der Waals surface area contributed by atoms with E-state index in [2.05, 4.69) is 27.5 Å². The summed E-state index contributed by atoms with van der Waals surface area (Å²) in [7, 11) is 1.68. The van der Waals surface area contributed by atoms with Gasteiger partial charge in [-0.2, -0.15) is 4.98 Å². The van der Waals surface area contributed by atoms with Crippen LogP contribution in [0, 0.1) is 6.92 Å². The Morgan fingerprint density at radius 2 is 1.77 bits per heavy atom. The van der Waals surface area contributed by atoms with Crippen LogP contribution in [0.4, 0.5) is 0 Å². The summed E-state index contributed by atoms with van der Waals surface area (Å²) < 4.78 is 11.4. The number of allylic oxidation sites excluding steroid dienone is 1. The Morgan fingerprint density at radius 3 is 2.54 bits per heavy atom. The zero-order valence-corrected chi connectivity index (χ0v) is 20.7. The number of nitrogens with zero attached hydrogens (tertiary/aromatic N) is 3. The van der Waals surface area contributed by atoms with Gasteiger partial charge in [0.15, 0.2) is 5.11 Å². The van der Waals surface area contributed by atoms with E-state index in [-0.39, 0.29) is 6.04 Å². The van der Waals surface area contributed by atoms with Gasteiger partial charge in [-0.3, -0.25) is 0 Å². The molecule has 7 heteroatoms. The maximum absolute atomic E-state index is 5.85. The molecule has 0 radical (unpaired) electrons. The second kappa shape index (κ2) is 9.72. The summed E-state index contributed by atoms with van der Waals surface area (Å²) in [5.74, 6) is 1.84. The molecule has 0 saturated carbocycles. The first-order valence-electron chi connectivity index (χ1n) is 11.4. The predicted octanol–water partition coefficient (Wildman–Crippen LogP) is 5.92. The lowest BCUT2D eigenvalue weighted by molar-refractivity contribution is 0.387. The van der Waals surface area contributed by atoms with Crippen molar-refractivity contribution in [3.05, 3.63) is 107 Å². The number of hydrogen-bond donors (Lipinski definition) is 1. The van der Waals surface area contributed by atoms with Crippen molar-refractivity contribution in [3.63, 3.8) is 0 Å². The average Bonchev–Trinajstić information content (AvgIpc) is 3.37. The Balaban J connectivity index is 1.60. The van der Waals surface area contributed by atoms with E-state index < -0.39 is 0 Å². The third-order valence-electron chi connectivity index (χ3n) is 6.18. The zero-order chi connectivity index (χ0) is 24.4. The second-order valence-electron chi connectivity index (χ2n) is 8.48. The zero-order valence-electron chi connectivity index (χ0n) is 19.9. The Labute approximate surface area is 210 Å². The molecule has 0 amide bonds. The van der Waals surface area contributed by atoms with Crippen LogP contribution in [0.2, 0.25) is 0 Å². The molecule has 0 spiro atoms. The summed E-state index contributed by atoms with van der Waals surface area (Å²) in [6.45, 7) is 4.64. The van der Waals surface area contributed by atoms with Gasteiger partial charge >= 0.3 is 0 Å². The lowest BCUT2D eigenvalue weighted by Gasteiger charge is -2.37. The SMILES string of the molecule is COc1ccccc1CN1C(=S)NC(c2ccccc2)C(c2nc(-c3cccc(C)c3)no2)=C1C. The summed E-state index contributed by atoms with van der Waals surface area (Å²) in [6, 6.07) is 26.0. The van der Waals surface area contributed by atoms with Gasteiger partial charge in [0.2, 0.25) is 5.82 Å². The van der Waals surface area contributed by atoms with Crippen molar-refractivity contribution in [2.24, 2.45) is 0 Å². The Morgan fingerprint density at radius 1 is 1.00 bits per heavy atom. The van der Waals surface area contributed by atoms with Crippen LogP contribution in [0.25, 0.3) is 17.0 Å². The van der Waals surface area contributed by atoms with Crippen LogP contribution >= 0.6 is 12.2 Å². The van der Waals surface area contributed by atoms with Gasteiger partial charge in [-0.05, 0) is 43.8 Å². The van der Waals surface area contributed by atoms with E-state index in [9.17, 15) is 0 Å². The number of aromatic nitrogens is 2. The Kier molecular flexibility index (Phi) is 6.33. The topological polar surface area (TPSA) is 63.4 Å². The fourth-order valence-corrected chi connectivity index (χ4v) is 4.70. The van der Waals surface area contributed by atoms with Crippen molar-refractivity contribution < 1.29 is 9.26 Å². The molecule has 0 bridgehead atoms. The lowest BCUT2D eigenvalue weighted by atomic mass is 9.94. The first-order chi connectivity index (χ1) is 17.0. The fraction of sp³-hybridized carbons (Fsp3) is 0.179. The molecule has 0 saturated heterocycles. The lowest BCUT2D eigenvalue weighted by Crippen LogP contribution is -2.45. The number of hydrogen-bond acceptors (Lipinski definition) is 5. The molecule has 3 aromatic carbocycles. The quantitative estimate of drug-likeness (QED) is 0.343. The van der Waals surface area contributed by atoms with Crippen LogP contribution in [0.1, 0.15) is 35.5 Å². The van der Waals surface area contributed by atoms with Crippen LogP contribution in [-0.4, -0.2) is 27.3 Å². The molecule has 35 heavy (non-hydrogen) atoms. The number of aryl methyl sites for hydroxylation is 1. The molecule has 1 aromatic heterocycles. The van der Waals surface area contributed by atoms with Crippen LogP contribution in [0.5, 0.6) is 5.75 Å². The molecule has 1 aliphatic rings. The number of nitrogens with one attached hydrogen (secondary N) is 1. The maximum atomic E-state index is 5.85. The highest BCUT2D eigenvalue weighted by Crippen LogP contribution is 2.38. The van der Waals surface area contributed by atoms with E-state index in [0.29, 0.717) is 23.4 Å². The molecule has 0 aliphatic carbocycles. The van der Waals surface area contributed by atoms with Gasteiger partial charge in [0.1, 0.15) is 5.75 Å². The van der Waals surface area contributed by atoms with Gasteiger partial charge in [-0.25, -0.2) is 0 Å². The number of rotatable bonds is 6. The summed E-state index contributed by atoms with van der Waals surface area (Å²) in [5, 5.41) is 8.44. The second-order valence-corrected chi connectivity index (χ2v) is 8.87. The molecular weight excluding hydrogens is 456 g/mol. The van der Waals surface area contributed by atoms with E-state index in [1.54, 1.807) is 7.11 Å². The third-order valence-corrected chi connectivity index (χ3v) is 6.52. The fourth-order valence-electron chi connectivity index (χ4n) is 4.38. The van der Waals surface area contributed by atoms with Gasteiger partial charge < -0.3 is 19.5 Å². The van der Waals surface area contributed by atoms with E-state index in [4.69, 9.17) is 26.5 Å². The molecule has 1 unspecified atom stereocenters. The molecule has 4 aromatic rings. The van der Waals surface area contributed by atoms with Crippen molar-refractivity contribution in [2.75, 3.05) is 7.11 Å². The van der Waals surface area contributed by atoms with E-state index >= 15 is 0 Å². The van der Waals surface area contributed by atoms with Crippen molar-refractivity contribution >= 4 is 22.9 Å². The third kappa shape index (κ3) is 4.55. The standard InChI is InChI=1S/C28H26N4O2S/c1-18-10-9-14-21(16-18)26-30-27(34-31-26)24-19(2)32(17-22-13-7-8-15-23(22)33-3)28(35)29-25(24)20-11-5-4-6-12-20/h4-16,25H,17H2,1-3H3,(H,29,35). The Bertz CT molecular complexity index is 1400. The minimum Gasteiger partial charge on any atom is -0.496 e. The Hall–Kier alpha value is -3.97. The van der Waals surface area contributed by atoms with Crippen molar-refractivity contribution in [1.29, 1.82) is 0 Å². The number of benzene rings is 3. The molecule has 1 aliphatic heterocycles. The van der Waals surface area contributed by atoms with E-state index in [1.807, 2.05) is 80.6 Å². The summed E-state index contributed by atoms with van der Waals surface area (Å²) in [6.07, 6.45) is 0. The largest absolute Gasteiger partial charge is 0.496 e. The highest BCUT2D eigenvalue weighted by molar-refractivity contribution is 7.80. The van der Waals surface area contributed by atoms with Gasteiger partial charge in [0, 0.05) is 16.8 Å². The predicted molar refractivity (Wildman–Crippen MR) is 141 cm³/mol. The molecule has 1 N–H and O–H groups in total. The molecule has 1 atom stereocenters. The van der Waals surface area contributed by atoms with Gasteiger partial charge in [-0.1, -0.05) is 77.5 Å². The average molecular weight is 483 g/mol. The van der Waals surface area contributed by atoms with Crippen molar-refractivity contribution in [3.8, 4) is 17.1 Å². The molecule has 176 valence electrons. The summed E-state index contributed by atoms with van der Waals surface area (Å²) in [5.41, 5.74) is 6.00. The normalized spacial score (nSPS) is 15.8. The highest BCUT2D eigenvalue weighted by atomic mass is 32.1. The smallest absolute Gasteiger partial charge is 0.258 e. The molecule has 6 nitrogen and oxygen atoms in total. The first kappa shape index (κ1) is 22.8. The van der Waals surface area contributed by atoms with Crippen LogP contribution < -0.4 is 10.1 Å². The van der Waals surface area contributed by atoms with Gasteiger partial charge in [0.05, 0.1) is 25.3 Å². The monoisotopic (exact) mass is 482 g/mol. The number of ether oxygens (including phenoxy) is 1. The van der Waals surface area contributed by atoms with Crippen LogP contribution in [0.3, 0.4) is 0 Å². The van der Waals surface area contributed by atoms with Crippen molar-refractivity contribution in [1.82, 2.24) is 20.4 Å². The number of methoxy groups -OCH3 is 1. The summed E-state index contributed by atoms with van der Waals surface area (Å²) >= 11 is 5.83.